The maximum atomic E-state index is 13.3. The fourth-order valence-electron chi connectivity index (χ4n) is 5.09. The predicted molar refractivity (Wildman–Crippen MR) is 132 cm³/mol. The van der Waals surface area contributed by atoms with Gasteiger partial charge in [-0.25, -0.2) is 4.79 Å². The Bertz CT molecular complexity index is 1120. The lowest BCUT2D eigenvalue weighted by Crippen LogP contribution is -2.53. The third-order valence-electron chi connectivity index (χ3n) is 6.74. The van der Waals surface area contributed by atoms with E-state index in [-0.39, 0.29) is 37.3 Å². The van der Waals surface area contributed by atoms with Gasteiger partial charge in [0.1, 0.15) is 12.6 Å². The molecule has 7 nitrogen and oxygen atoms in total. The van der Waals surface area contributed by atoms with Crippen LogP contribution >= 0.6 is 0 Å². The molecule has 7 heteroatoms. The Morgan fingerprint density at radius 3 is 2.37 bits per heavy atom. The van der Waals surface area contributed by atoms with Crippen molar-refractivity contribution in [1.82, 2.24) is 10.2 Å². The molecule has 1 heterocycles. The smallest absolute Gasteiger partial charge is 0.407 e. The minimum absolute atomic E-state index is 0.0835. The van der Waals surface area contributed by atoms with Crippen LogP contribution in [0.2, 0.25) is 0 Å². The summed E-state index contributed by atoms with van der Waals surface area (Å²) in [5.41, 5.74) is 4.49. The zero-order valence-corrected chi connectivity index (χ0v) is 19.8. The fourth-order valence-corrected chi connectivity index (χ4v) is 5.09. The van der Waals surface area contributed by atoms with Gasteiger partial charge in [-0.2, -0.15) is 0 Å². The molecule has 1 aliphatic carbocycles. The third-order valence-corrected chi connectivity index (χ3v) is 6.74. The number of fused-ring (bicyclic) bond motifs is 3. The van der Waals surface area contributed by atoms with Crippen molar-refractivity contribution >= 4 is 18.0 Å². The Labute approximate surface area is 205 Å². The summed E-state index contributed by atoms with van der Waals surface area (Å²) in [7, 11) is 0. The zero-order chi connectivity index (χ0) is 24.8. The molecule has 1 fully saturated rings. The maximum absolute atomic E-state index is 13.3. The normalized spacial score (nSPS) is 17.4. The molecule has 1 saturated heterocycles. The van der Waals surface area contributed by atoms with E-state index in [4.69, 9.17) is 4.74 Å². The van der Waals surface area contributed by atoms with Gasteiger partial charge in [0, 0.05) is 24.9 Å². The second kappa shape index (κ2) is 11.1. The van der Waals surface area contributed by atoms with Crippen molar-refractivity contribution in [2.75, 3.05) is 13.2 Å². The number of piperidine rings is 1. The molecule has 0 aromatic heterocycles. The first-order valence-corrected chi connectivity index (χ1v) is 12.0. The SMILES string of the molecule is CC#CCC(NC(=O)OCC1c2ccccc2-c2ccccc21)C(=O)N1CCCCC1CC(=O)O. The monoisotopic (exact) mass is 474 g/mol. The zero-order valence-electron chi connectivity index (χ0n) is 19.8. The van der Waals surface area contributed by atoms with Crippen LogP contribution in [0.25, 0.3) is 11.1 Å². The Morgan fingerprint density at radius 1 is 1.09 bits per heavy atom. The number of hydrogen-bond acceptors (Lipinski definition) is 4. The van der Waals surface area contributed by atoms with Gasteiger partial charge in [0.15, 0.2) is 0 Å². The highest BCUT2D eigenvalue weighted by atomic mass is 16.5. The maximum Gasteiger partial charge on any atom is 0.407 e. The molecular formula is C28H30N2O5. The van der Waals surface area contributed by atoms with Crippen molar-refractivity contribution in [3.63, 3.8) is 0 Å². The number of rotatable bonds is 7. The Balaban J connectivity index is 1.44. The summed E-state index contributed by atoms with van der Waals surface area (Å²) < 4.78 is 5.62. The largest absolute Gasteiger partial charge is 0.481 e. The van der Waals surface area contributed by atoms with Crippen LogP contribution < -0.4 is 5.32 Å². The van der Waals surface area contributed by atoms with E-state index in [1.807, 2.05) is 36.4 Å². The van der Waals surface area contributed by atoms with Crippen molar-refractivity contribution in [2.24, 2.45) is 0 Å². The van der Waals surface area contributed by atoms with Gasteiger partial charge in [-0.15, -0.1) is 11.8 Å². The van der Waals surface area contributed by atoms with E-state index in [9.17, 15) is 19.5 Å². The number of carboxylic acid groups (broad SMARTS) is 1. The molecule has 0 spiro atoms. The predicted octanol–water partition coefficient (Wildman–Crippen LogP) is 4.16. The van der Waals surface area contributed by atoms with Gasteiger partial charge in [-0.05, 0) is 48.4 Å². The van der Waals surface area contributed by atoms with Gasteiger partial charge in [0.05, 0.1) is 6.42 Å². The van der Waals surface area contributed by atoms with E-state index in [0.717, 1.165) is 35.1 Å². The second-order valence-electron chi connectivity index (χ2n) is 8.93. The lowest BCUT2D eigenvalue weighted by atomic mass is 9.98. The van der Waals surface area contributed by atoms with Crippen molar-refractivity contribution in [3.05, 3.63) is 59.7 Å². The van der Waals surface area contributed by atoms with Gasteiger partial charge in [0.25, 0.3) is 0 Å². The molecular weight excluding hydrogens is 444 g/mol. The first kappa shape index (κ1) is 24.3. The topological polar surface area (TPSA) is 95.9 Å². The lowest BCUT2D eigenvalue weighted by molar-refractivity contribution is -0.142. The molecule has 2 N–H and O–H groups in total. The molecule has 2 aromatic carbocycles. The lowest BCUT2D eigenvalue weighted by Gasteiger charge is -2.37. The van der Waals surface area contributed by atoms with Crippen LogP contribution in [0.15, 0.2) is 48.5 Å². The number of aliphatic carboxylic acids is 1. The number of nitrogens with one attached hydrogen (secondary N) is 1. The van der Waals surface area contributed by atoms with Gasteiger partial charge >= 0.3 is 12.1 Å². The second-order valence-corrected chi connectivity index (χ2v) is 8.93. The highest BCUT2D eigenvalue weighted by molar-refractivity contribution is 5.87. The van der Waals surface area contributed by atoms with Gasteiger partial charge in [-0.1, -0.05) is 48.5 Å². The summed E-state index contributed by atoms with van der Waals surface area (Å²) in [6.07, 6.45) is 1.66. The van der Waals surface area contributed by atoms with Crippen LogP contribution in [-0.4, -0.2) is 53.2 Å². The molecule has 1 aliphatic heterocycles. The van der Waals surface area contributed by atoms with Crippen molar-refractivity contribution in [2.45, 2.75) is 57.0 Å². The quantitative estimate of drug-likeness (QED) is 0.588. The molecule has 0 bridgehead atoms. The van der Waals surface area contributed by atoms with Gasteiger partial charge < -0.3 is 20.1 Å². The number of nitrogens with zero attached hydrogens (tertiary/aromatic N) is 1. The molecule has 0 radical (unpaired) electrons. The minimum Gasteiger partial charge on any atom is -0.481 e. The molecule has 0 saturated carbocycles. The number of carboxylic acids is 1. The molecule has 2 atom stereocenters. The van der Waals surface area contributed by atoms with E-state index in [2.05, 4.69) is 29.3 Å². The summed E-state index contributed by atoms with van der Waals surface area (Å²) in [5, 5.41) is 11.9. The summed E-state index contributed by atoms with van der Waals surface area (Å²) >= 11 is 0. The van der Waals surface area contributed by atoms with Gasteiger partial charge in [0.2, 0.25) is 5.91 Å². The van der Waals surface area contributed by atoms with Crippen molar-refractivity contribution in [1.29, 1.82) is 0 Å². The van der Waals surface area contributed by atoms with Crippen LogP contribution in [0.1, 0.15) is 56.1 Å². The average molecular weight is 475 g/mol. The number of likely N-dealkylation sites (tertiary alicyclic amines) is 1. The first-order valence-electron chi connectivity index (χ1n) is 12.0. The average Bonchev–Trinajstić information content (AvgIpc) is 3.18. The van der Waals surface area contributed by atoms with Crippen LogP contribution in [0.4, 0.5) is 4.79 Å². The van der Waals surface area contributed by atoms with E-state index in [1.54, 1.807) is 11.8 Å². The molecule has 35 heavy (non-hydrogen) atoms. The Morgan fingerprint density at radius 2 is 1.74 bits per heavy atom. The number of alkyl carbamates (subject to hydrolysis) is 1. The standard InChI is InChI=1S/C28H30N2O5/c1-2-3-15-25(27(33)30-16-9-8-10-19(30)17-26(31)32)29-28(34)35-18-24-22-13-6-4-11-20(22)21-12-5-7-14-23(21)24/h4-7,11-14,19,24-25H,8-10,15-18H2,1H3,(H,29,34)(H,31,32). The van der Waals surface area contributed by atoms with E-state index in [1.165, 1.54) is 0 Å². The molecule has 2 amide bonds. The van der Waals surface area contributed by atoms with E-state index >= 15 is 0 Å². The van der Waals surface area contributed by atoms with Crippen LogP contribution in [0.5, 0.6) is 0 Å². The number of benzene rings is 2. The summed E-state index contributed by atoms with van der Waals surface area (Å²) in [6.45, 7) is 2.29. The number of ether oxygens (including phenoxy) is 1. The summed E-state index contributed by atoms with van der Waals surface area (Å²) in [5.74, 6) is 4.30. The van der Waals surface area contributed by atoms with E-state index < -0.39 is 18.1 Å². The summed E-state index contributed by atoms with van der Waals surface area (Å²) in [4.78, 5) is 39.0. The number of carbonyl (C=O) groups is 3. The highest BCUT2D eigenvalue weighted by Crippen LogP contribution is 2.44. The Hall–Kier alpha value is -3.79. The van der Waals surface area contributed by atoms with Crippen LogP contribution in [-0.2, 0) is 14.3 Å². The third kappa shape index (κ3) is 5.48. The fraction of sp³-hybridized carbons (Fsp3) is 0.393. The highest BCUT2D eigenvalue weighted by Gasteiger charge is 2.34. The summed E-state index contributed by atoms with van der Waals surface area (Å²) in [6, 6.07) is 14.9. The number of amides is 2. The number of hydrogen-bond donors (Lipinski definition) is 2. The molecule has 4 rings (SSSR count). The van der Waals surface area contributed by atoms with E-state index in [0.29, 0.717) is 13.0 Å². The van der Waals surface area contributed by atoms with Crippen LogP contribution in [0, 0.1) is 11.8 Å². The van der Waals surface area contributed by atoms with Gasteiger partial charge in [-0.3, -0.25) is 9.59 Å². The number of carbonyl (C=O) groups excluding carboxylic acids is 2. The minimum atomic E-state index is -0.941. The van der Waals surface area contributed by atoms with Crippen LogP contribution in [0.3, 0.4) is 0 Å². The first-order chi connectivity index (χ1) is 17.0. The molecule has 2 aliphatic rings. The Kier molecular flexibility index (Phi) is 7.71. The van der Waals surface area contributed by atoms with Crippen molar-refractivity contribution in [3.8, 4) is 23.0 Å². The molecule has 2 aromatic rings. The molecule has 182 valence electrons. The van der Waals surface area contributed by atoms with Crippen molar-refractivity contribution < 1.29 is 24.2 Å². The molecule has 2 unspecified atom stereocenters.